The predicted molar refractivity (Wildman–Crippen MR) is 73.2 cm³/mol. The number of allylic oxidation sites excluding steroid dienone is 2. The highest BCUT2D eigenvalue weighted by Crippen LogP contribution is 2.30. The van der Waals surface area contributed by atoms with Gasteiger partial charge in [-0.3, -0.25) is 0 Å². The van der Waals surface area contributed by atoms with Gasteiger partial charge in [-0.25, -0.2) is 0 Å². The highest BCUT2D eigenvalue weighted by Gasteiger charge is 2.13. The molecular weight excluding hydrogens is 206 g/mol. The lowest BCUT2D eigenvalue weighted by Gasteiger charge is -1.97. The van der Waals surface area contributed by atoms with Gasteiger partial charge in [0.05, 0.1) is 6.07 Å². The second-order valence-corrected chi connectivity index (χ2v) is 4.39. The first-order valence-corrected chi connectivity index (χ1v) is 6.01. The Hall–Kier alpha value is -1.81. The van der Waals surface area contributed by atoms with Crippen molar-refractivity contribution in [1.29, 1.82) is 5.26 Å². The van der Waals surface area contributed by atoms with Crippen LogP contribution in [0.15, 0.2) is 48.6 Å². The van der Waals surface area contributed by atoms with Gasteiger partial charge in [-0.05, 0) is 30.7 Å². The summed E-state index contributed by atoms with van der Waals surface area (Å²) in [5.41, 5.74) is 2.98. The zero-order valence-corrected chi connectivity index (χ0v) is 10.4. The largest absolute Gasteiger partial charge is 0.193 e. The van der Waals surface area contributed by atoms with Crippen molar-refractivity contribution in [2.75, 3.05) is 0 Å². The fourth-order valence-electron chi connectivity index (χ4n) is 2.00. The second kappa shape index (κ2) is 7.46. The van der Waals surface area contributed by atoms with Crippen LogP contribution in [0.5, 0.6) is 0 Å². The second-order valence-electron chi connectivity index (χ2n) is 4.39. The average molecular weight is 225 g/mol. The summed E-state index contributed by atoms with van der Waals surface area (Å²) in [6.45, 7) is 5.46. The van der Waals surface area contributed by atoms with E-state index in [4.69, 9.17) is 5.26 Å². The molecule has 1 aromatic rings. The average Bonchev–Trinajstić information content (AvgIpc) is 2.76. The predicted octanol–water partition coefficient (Wildman–Crippen LogP) is 4.59. The Bertz CT molecular complexity index is 409. The Labute approximate surface area is 104 Å². The molecule has 1 unspecified atom stereocenters. The maximum absolute atomic E-state index is 7.51. The maximum atomic E-state index is 7.51. The molecule has 0 aliphatic heterocycles. The van der Waals surface area contributed by atoms with Crippen molar-refractivity contribution in [2.24, 2.45) is 5.92 Å². The molecule has 0 N–H and O–H groups in total. The quantitative estimate of drug-likeness (QED) is 0.641. The fraction of sp³-hybridized carbons (Fsp3) is 0.312. The van der Waals surface area contributed by atoms with Gasteiger partial charge in [-0.2, -0.15) is 5.26 Å². The third-order valence-corrected chi connectivity index (χ3v) is 2.83. The Balaban J connectivity index is 0.000000317. The van der Waals surface area contributed by atoms with E-state index >= 15 is 0 Å². The van der Waals surface area contributed by atoms with E-state index in [1.54, 1.807) is 11.6 Å². The summed E-state index contributed by atoms with van der Waals surface area (Å²) in [5, 5.41) is 7.51. The molecule has 1 heteroatoms. The summed E-state index contributed by atoms with van der Waals surface area (Å²) in [6.07, 6.45) is 7.51. The highest BCUT2D eigenvalue weighted by molar-refractivity contribution is 5.53. The summed E-state index contributed by atoms with van der Waals surface area (Å²) in [5.74, 6) is 0.898. The first-order valence-electron chi connectivity index (χ1n) is 6.01. The van der Waals surface area contributed by atoms with Crippen LogP contribution >= 0.6 is 0 Å². The van der Waals surface area contributed by atoms with Gasteiger partial charge in [-0.15, -0.1) is 0 Å². The van der Waals surface area contributed by atoms with Gasteiger partial charge in [0.15, 0.2) is 0 Å². The molecule has 1 aromatic carbocycles. The lowest BCUT2D eigenvalue weighted by molar-refractivity contribution is 0.620. The van der Waals surface area contributed by atoms with Crippen molar-refractivity contribution in [3.05, 3.63) is 54.1 Å². The van der Waals surface area contributed by atoms with Crippen molar-refractivity contribution in [3.63, 3.8) is 0 Å². The van der Waals surface area contributed by atoms with Crippen LogP contribution in [0.1, 0.15) is 31.7 Å². The molecule has 17 heavy (non-hydrogen) atoms. The number of nitriles is 1. The van der Waals surface area contributed by atoms with Crippen LogP contribution in [0.25, 0.3) is 6.08 Å². The third kappa shape index (κ3) is 5.17. The highest BCUT2D eigenvalue weighted by atomic mass is 14.2. The molecule has 0 spiro atoms. The van der Waals surface area contributed by atoms with Gasteiger partial charge in [0, 0.05) is 6.08 Å². The molecule has 1 aliphatic carbocycles. The molecule has 0 bridgehead atoms. The van der Waals surface area contributed by atoms with Gasteiger partial charge < -0.3 is 0 Å². The standard InChI is InChI=1S/C13H16.C3H3N/c1-11-7-8-13(9-11)10-12-5-3-2-4-6-12;1-2-3-4/h2-6,10-11H,7-9H2,1H3;2H,1H2. The molecule has 0 radical (unpaired) electrons. The monoisotopic (exact) mass is 225 g/mol. The summed E-state index contributed by atoms with van der Waals surface area (Å²) >= 11 is 0. The molecule has 1 atom stereocenters. The molecule has 1 nitrogen and oxygen atoms in total. The van der Waals surface area contributed by atoms with Gasteiger partial charge in [0.1, 0.15) is 0 Å². The minimum Gasteiger partial charge on any atom is -0.193 e. The van der Waals surface area contributed by atoms with E-state index in [1.165, 1.54) is 30.9 Å². The topological polar surface area (TPSA) is 23.8 Å². The van der Waals surface area contributed by atoms with Crippen LogP contribution in [0.3, 0.4) is 0 Å². The number of hydrogen-bond acceptors (Lipinski definition) is 1. The lowest BCUT2D eigenvalue weighted by Crippen LogP contribution is -1.80. The molecule has 0 aromatic heterocycles. The molecule has 0 saturated heterocycles. The number of hydrogen-bond donors (Lipinski definition) is 0. The SMILES string of the molecule is C=CC#N.CC1CCC(=Cc2ccccc2)C1. The van der Waals surface area contributed by atoms with Gasteiger partial charge >= 0.3 is 0 Å². The zero-order valence-electron chi connectivity index (χ0n) is 10.4. The molecule has 1 saturated carbocycles. The molecule has 1 fully saturated rings. The van der Waals surface area contributed by atoms with Crippen molar-refractivity contribution in [1.82, 2.24) is 0 Å². The van der Waals surface area contributed by atoms with Crippen LogP contribution in [0, 0.1) is 17.2 Å². The summed E-state index contributed by atoms with van der Waals surface area (Å²) < 4.78 is 0. The van der Waals surface area contributed by atoms with Gasteiger partial charge in [0.2, 0.25) is 0 Å². The van der Waals surface area contributed by atoms with Crippen molar-refractivity contribution in [3.8, 4) is 6.07 Å². The normalized spacial score (nSPS) is 20.2. The lowest BCUT2D eigenvalue weighted by atomic mass is 10.1. The Morgan fingerprint density at radius 2 is 2.00 bits per heavy atom. The fourth-order valence-corrected chi connectivity index (χ4v) is 2.00. The van der Waals surface area contributed by atoms with Crippen LogP contribution in [-0.2, 0) is 0 Å². The first kappa shape index (κ1) is 13.3. The van der Waals surface area contributed by atoms with Crippen LogP contribution < -0.4 is 0 Å². The van der Waals surface area contributed by atoms with Crippen LogP contribution in [0.4, 0.5) is 0 Å². The minimum atomic E-state index is 0.898. The van der Waals surface area contributed by atoms with Crippen molar-refractivity contribution in [2.45, 2.75) is 26.2 Å². The first-order chi connectivity index (χ1) is 8.26. The van der Waals surface area contributed by atoms with Crippen LogP contribution in [0.2, 0.25) is 0 Å². The van der Waals surface area contributed by atoms with Gasteiger partial charge in [-0.1, -0.05) is 55.5 Å². The molecule has 2 rings (SSSR count). The van der Waals surface area contributed by atoms with E-state index in [0.29, 0.717) is 0 Å². The molecule has 1 aliphatic rings. The zero-order chi connectivity index (χ0) is 12.5. The summed E-state index contributed by atoms with van der Waals surface area (Å²) in [6, 6.07) is 12.3. The molecule has 0 amide bonds. The van der Waals surface area contributed by atoms with Crippen LogP contribution in [-0.4, -0.2) is 0 Å². The maximum Gasteiger partial charge on any atom is 0.0905 e. The molecule has 0 heterocycles. The number of rotatable bonds is 1. The van der Waals surface area contributed by atoms with E-state index in [1.807, 2.05) is 0 Å². The summed E-state index contributed by atoms with van der Waals surface area (Å²) in [7, 11) is 0. The number of benzene rings is 1. The van der Waals surface area contributed by atoms with E-state index in [9.17, 15) is 0 Å². The smallest absolute Gasteiger partial charge is 0.0905 e. The van der Waals surface area contributed by atoms with E-state index in [0.717, 1.165) is 5.92 Å². The van der Waals surface area contributed by atoms with Crippen molar-refractivity contribution < 1.29 is 0 Å². The Morgan fingerprint density at radius 1 is 1.35 bits per heavy atom. The minimum absolute atomic E-state index is 0.898. The molecule has 88 valence electrons. The number of nitrogens with zero attached hydrogens (tertiary/aromatic N) is 1. The van der Waals surface area contributed by atoms with E-state index in [-0.39, 0.29) is 0 Å². The van der Waals surface area contributed by atoms with E-state index < -0.39 is 0 Å². The summed E-state index contributed by atoms with van der Waals surface area (Å²) in [4.78, 5) is 0. The van der Waals surface area contributed by atoms with E-state index in [2.05, 4.69) is 49.9 Å². The Morgan fingerprint density at radius 3 is 2.47 bits per heavy atom. The van der Waals surface area contributed by atoms with Crippen molar-refractivity contribution >= 4 is 6.08 Å². The Kier molecular flexibility index (Phi) is 5.82. The van der Waals surface area contributed by atoms with Gasteiger partial charge in [0.25, 0.3) is 0 Å². The third-order valence-electron chi connectivity index (χ3n) is 2.83. The molecular formula is C16H19N.